The minimum atomic E-state index is -0.251. The van der Waals surface area contributed by atoms with E-state index >= 15 is 0 Å². The minimum Gasteiger partial charge on any atom is -0.369 e. The van der Waals surface area contributed by atoms with Crippen LogP contribution >= 0.6 is 11.3 Å². The van der Waals surface area contributed by atoms with Crippen molar-refractivity contribution in [2.24, 2.45) is 12.8 Å². The highest BCUT2D eigenvalue weighted by Crippen LogP contribution is 2.42. The molecule has 0 radical (unpaired) electrons. The van der Waals surface area contributed by atoms with E-state index in [9.17, 15) is 4.79 Å². The van der Waals surface area contributed by atoms with Crippen LogP contribution in [0.5, 0.6) is 0 Å². The van der Waals surface area contributed by atoms with Crippen LogP contribution in [-0.2, 0) is 11.8 Å². The molecule has 3 N–H and O–H groups in total. The molecule has 7 nitrogen and oxygen atoms in total. The van der Waals surface area contributed by atoms with Gasteiger partial charge in [-0.2, -0.15) is 0 Å². The number of aromatic nitrogens is 4. The average Bonchev–Trinajstić information content (AvgIpc) is 3.39. The maximum Gasteiger partial charge on any atom is 0.231 e. The smallest absolute Gasteiger partial charge is 0.231 e. The van der Waals surface area contributed by atoms with Crippen molar-refractivity contribution in [3.63, 3.8) is 0 Å². The Kier molecular flexibility index (Phi) is 5.06. The molecule has 31 heavy (non-hydrogen) atoms. The number of rotatable bonds is 5. The van der Waals surface area contributed by atoms with Gasteiger partial charge in [-0.1, -0.05) is 13.8 Å². The predicted octanol–water partition coefficient (Wildman–Crippen LogP) is 3.97. The van der Waals surface area contributed by atoms with Crippen LogP contribution in [0.2, 0.25) is 0 Å². The van der Waals surface area contributed by atoms with Gasteiger partial charge in [-0.25, -0.2) is 9.97 Å². The summed E-state index contributed by atoms with van der Waals surface area (Å²) in [6, 6.07) is 4.13. The molecular formula is C23H28N6OS. The maximum absolute atomic E-state index is 11.2. The van der Waals surface area contributed by atoms with Crippen LogP contribution in [0.1, 0.15) is 49.1 Å². The molecule has 1 aliphatic heterocycles. The van der Waals surface area contributed by atoms with Gasteiger partial charge in [-0.05, 0) is 44.0 Å². The number of primary amides is 1. The molecule has 0 saturated carbocycles. The monoisotopic (exact) mass is 436 g/mol. The van der Waals surface area contributed by atoms with Gasteiger partial charge >= 0.3 is 0 Å². The van der Waals surface area contributed by atoms with Gasteiger partial charge in [0.1, 0.15) is 16.0 Å². The highest BCUT2D eigenvalue weighted by atomic mass is 32.1. The molecule has 4 aromatic heterocycles. The van der Waals surface area contributed by atoms with Crippen molar-refractivity contribution in [3.05, 3.63) is 35.1 Å². The van der Waals surface area contributed by atoms with Crippen molar-refractivity contribution < 1.29 is 4.79 Å². The van der Waals surface area contributed by atoms with Crippen LogP contribution in [-0.4, -0.2) is 50.0 Å². The number of carbonyl (C=O) groups excluding carboxylic acids is 1. The SMILES string of the molecule is CC(C)c1c(-c2cn(C)c3ncccc23)[nH]c2sc(C3CCN(CC(N)=O)CC3)nc12. The van der Waals surface area contributed by atoms with Crippen LogP contribution in [0.15, 0.2) is 24.5 Å². The van der Waals surface area contributed by atoms with Crippen molar-refractivity contribution in [1.82, 2.24) is 24.4 Å². The first kappa shape index (κ1) is 20.2. The second kappa shape index (κ2) is 7.76. The Morgan fingerprint density at radius 3 is 2.84 bits per heavy atom. The largest absolute Gasteiger partial charge is 0.369 e. The Morgan fingerprint density at radius 1 is 1.35 bits per heavy atom. The molecule has 8 heteroatoms. The second-order valence-electron chi connectivity index (χ2n) is 8.84. The van der Waals surface area contributed by atoms with E-state index in [4.69, 9.17) is 10.7 Å². The van der Waals surface area contributed by atoms with Crippen LogP contribution in [0.25, 0.3) is 32.6 Å². The normalized spacial score (nSPS) is 16.1. The lowest BCUT2D eigenvalue weighted by atomic mass is 9.97. The molecule has 0 bridgehead atoms. The zero-order valence-corrected chi connectivity index (χ0v) is 19.0. The molecule has 1 fully saturated rings. The van der Waals surface area contributed by atoms with E-state index in [0.29, 0.717) is 18.4 Å². The van der Waals surface area contributed by atoms with E-state index < -0.39 is 0 Å². The zero-order valence-electron chi connectivity index (χ0n) is 18.2. The van der Waals surface area contributed by atoms with Gasteiger partial charge in [0.25, 0.3) is 0 Å². The molecule has 0 aromatic carbocycles. The summed E-state index contributed by atoms with van der Waals surface area (Å²) in [6.45, 7) is 6.61. The fraction of sp³-hybridized carbons (Fsp3) is 0.435. The molecule has 5 heterocycles. The molecule has 162 valence electrons. The third kappa shape index (κ3) is 3.53. The highest BCUT2D eigenvalue weighted by molar-refractivity contribution is 7.18. The molecule has 5 rings (SSSR count). The third-order valence-electron chi connectivity index (χ3n) is 6.30. The van der Waals surface area contributed by atoms with E-state index in [1.807, 2.05) is 19.3 Å². The quantitative estimate of drug-likeness (QED) is 0.495. The van der Waals surface area contributed by atoms with Gasteiger partial charge in [0, 0.05) is 41.9 Å². The van der Waals surface area contributed by atoms with E-state index in [-0.39, 0.29) is 5.91 Å². The van der Waals surface area contributed by atoms with E-state index in [1.165, 1.54) is 16.1 Å². The van der Waals surface area contributed by atoms with Crippen molar-refractivity contribution >= 4 is 38.6 Å². The highest BCUT2D eigenvalue weighted by Gasteiger charge is 2.27. The summed E-state index contributed by atoms with van der Waals surface area (Å²) < 4.78 is 2.09. The van der Waals surface area contributed by atoms with Crippen LogP contribution < -0.4 is 5.73 Å². The van der Waals surface area contributed by atoms with Gasteiger partial charge in [-0.15, -0.1) is 11.3 Å². The van der Waals surface area contributed by atoms with Gasteiger partial charge in [0.05, 0.1) is 17.2 Å². The molecule has 1 aliphatic rings. The van der Waals surface area contributed by atoms with Crippen molar-refractivity contribution in [1.29, 1.82) is 0 Å². The summed E-state index contributed by atoms with van der Waals surface area (Å²) in [5, 5.41) is 2.36. The topological polar surface area (TPSA) is 92.8 Å². The molecule has 0 atom stereocenters. The Labute approximate surface area is 185 Å². The summed E-state index contributed by atoms with van der Waals surface area (Å²) in [5.41, 5.74) is 11.1. The van der Waals surface area contributed by atoms with Crippen LogP contribution in [0.4, 0.5) is 0 Å². The lowest BCUT2D eigenvalue weighted by Crippen LogP contribution is -2.39. The molecule has 1 amide bonds. The lowest BCUT2D eigenvalue weighted by Gasteiger charge is -2.29. The summed E-state index contributed by atoms with van der Waals surface area (Å²) in [6.07, 6.45) is 6.03. The predicted molar refractivity (Wildman–Crippen MR) is 125 cm³/mol. The summed E-state index contributed by atoms with van der Waals surface area (Å²) in [4.78, 5) is 27.9. The number of nitrogens with one attached hydrogen (secondary N) is 1. The Hall–Kier alpha value is -2.71. The Morgan fingerprint density at radius 2 is 2.13 bits per heavy atom. The first-order chi connectivity index (χ1) is 14.9. The van der Waals surface area contributed by atoms with Gasteiger partial charge in [-0.3, -0.25) is 9.69 Å². The average molecular weight is 437 g/mol. The number of nitrogens with zero attached hydrogens (tertiary/aromatic N) is 4. The number of aromatic amines is 1. The number of nitrogens with two attached hydrogens (primary N) is 1. The molecule has 1 saturated heterocycles. The van der Waals surface area contributed by atoms with Crippen molar-refractivity contribution in [2.75, 3.05) is 19.6 Å². The molecule has 0 aliphatic carbocycles. The minimum absolute atomic E-state index is 0.251. The molecule has 0 spiro atoms. The number of fused-ring (bicyclic) bond motifs is 2. The van der Waals surface area contributed by atoms with Gasteiger partial charge in [0.15, 0.2) is 0 Å². The number of H-pyrrole nitrogens is 1. The summed E-state index contributed by atoms with van der Waals surface area (Å²) >= 11 is 1.78. The lowest BCUT2D eigenvalue weighted by molar-refractivity contribution is -0.119. The number of thiazole rings is 1. The number of likely N-dealkylation sites (tertiary alicyclic amines) is 1. The Bertz CT molecular complexity index is 1260. The number of amides is 1. The third-order valence-corrected chi connectivity index (χ3v) is 7.44. The fourth-order valence-corrected chi connectivity index (χ4v) is 5.98. The molecule has 0 unspecified atom stereocenters. The van der Waals surface area contributed by atoms with E-state index in [0.717, 1.165) is 53.0 Å². The van der Waals surface area contributed by atoms with Crippen LogP contribution in [0.3, 0.4) is 0 Å². The second-order valence-corrected chi connectivity index (χ2v) is 9.87. The first-order valence-corrected chi connectivity index (χ1v) is 11.7. The van der Waals surface area contributed by atoms with Gasteiger partial charge in [0.2, 0.25) is 5.91 Å². The zero-order chi connectivity index (χ0) is 21.7. The number of aryl methyl sites for hydroxylation is 1. The fourth-order valence-electron chi connectivity index (χ4n) is 4.82. The number of carbonyl (C=O) groups is 1. The number of hydrogen-bond donors (Lipinski definition) is 2. The number of pyridine rings is 1. The molecule has 4 aromatic rings. The Balaban J connectivity index is 1.51. The van der Waals surface area contributed by atoms with Crippen molar-refractivity contribution in [2.45, 2.75) is 38.5 Å². The standard InChI is InChI=1S/C23H28N6OS/c1-13(2)18-19(16-11-28(3)21-15(16)5-4-8-25-21)26-23-20(18)27-22(31-23)14-6-9-29(10-7-14)12-17(24)30/h4-5,8,11,13-14,26H,6-7,9-10,12H2,1-3H3,(H2,24,30). The first-order valence-electron chi connectivity index (χ1n) is 10.9. The number of piperidine rings is 1. The summed E-state index contributed by atoms with van der Waals surface area (Å²) in [7, 11) is 2.04. The van der Waals surface area contributed by atoms with E-state index in [2.05, 4.69) is 45.5 Å². The summed E-state index contributed by atoms with van der Waals surface area (Å²) in [5.74, 6) is 0.543. The van der Waals surface area contributed by atoms with Crippen molar-refractivity contribution in [3.8, 4) is 11.3 Å². The maximum atomic E-state index is 11.2. The van der Waals surface area contributed by atoms with Crippen LogP contribution in [0, 0.1) is 0 Å². The van der Waals surface area contributed by atoms with E-state index in [1.54, 1.807) is 11.3 Å². The molecular weight excluding hydrogens is 408 g/mol. The number of hydrogen-bond acceptors (Lipinski definition) is 5. The van der Waals surface area contributed by atoms with Gasteiger partial charge < -0.3 is 15.3 Å².